The maximum atomic E-state index is 3.53. The van der Waals surface area contributed by atoms with Crippen LogP contribution >= 0.6 is 11.8 Å². The normalized spacial score (nSPS) is 28.2. The Labute approximate surface area is 85.2 Å². The third-order valence-corrected chi connectivity index (χ3v) is 4.11. The molecule has 2 aliphatic rings. The van der Waals surface area contributed by atoms with E-state index in [1.54, 1.807) is 0 Å². The zero-order valence-corrected chi connectivity index (χ0v) is 9.04. The maximum Gasteiger partial charge on any atom is 0.0172 e. The van der Waals surface area contributed by atoms with Gasteiger partial charge in [0, 0.05) is 30.9 Å². The largest absolute Gasteiger partial charge is 0.314 e. The van der Waals surface area contributed by atoms with Gasteiger partial charge in [0.25, 0.3) is 0 Å². The van der Waals surface area contributed by atoms with Crippen molar-refractivity contribution in [3.8, 4) is 0 Å². The highest BCUT2D eigenvalue weighted by atomic mass is 32.2. The molecule has 1 saturated heterocycles. The highest BCUT2D eigenvalue weighted by Crippen LogP contribution is 2.25. The van der Waals surface area contributed by atoms with Gasteiger partial charge < -0.3 is 10.6 Å². The van der Waals surface area contributed by atoms with Crippen LogP contribution in [0.15, 0.2) is 0 Å². The summed E-state index contributed by atoms with van der Waals surface area (Å²) < 4.78 is 0. The highest BCUT2D eigenvalue weighted by Gasteiger charge is 2.19. The van der Waals surface area contributed by atoms with E-state index in [0.717, 1.165) is 24.4 Å². The van der Waals surface area contributed by atoms with Gasteiger partial charge in [-0.05, 0) is 31.4 Å². The molecule has 0 amide bonds. The molecule has 2 N–H and O–H groups in total. The Kier molecular flexibility index (Phi) is 3.94. The lowest BCUT2D eigenvalue weighted by Gasteiger charge is -2.09. The highest BCUT2D eigenvalue weighted by molar-refractivity contribution is 8.00. The molecule has 2 nitrogen and oxygen atoms in total. The van der Waals surface area contributed by atoms with Crippen molar-refractivity contribution in [1.29, 1.82) is 0 Å². The van der Waals surface area contributed by atoms with Gasteiger partial charge in [0.2, 0.25) is 0 Å². The molecule has 2 fully saturated rings. The Balaban J connectivity index is 1.39. The van der Waals surface area contributed by atoms with Gasteiger partial charge >= 0.3 is 0 Å². The number of hydrogen-bond acceptors (Lipinski definition) is 3. The van der Waals surface area contributed by atoms with Crippen molar-refractivity contribution < 1.29 is 0 Å². The summed E-state index contributed by atoms with van der Waals surface area (Å²) in [7, 11) is 0. The lowest BCUT2D eigenvalue weighted by molar-refractivity contribution is 0.594. The van der Waals surface area contributed by atoms with Gasteiger partial charge in [-0.15, -0.1) is 0 Å². The molecule has 13 heavy (non-hydrogen) atoms. The second kappa shape index (κ2) is 5.23. The van der Waals surface area contributed by atoms with E-state index in [4.69, 9.17) is 0 Å². The molecule has 1 aliphatic heterocycles. The Morgan fingerprint density at radius 1 is 1.15 bits per heavy atom. The number of thioether (sulfide) groups is 1. The fourth-order valence-corrected chi connectivity index (χ4v) is 2.96. The molecule has 0 aromatic rings. The fraction of sp³-hybridized carbons (Fsp3) is 1.00. The second-order valence-electron chi connectivity index (χ2n) is 4.07. The first-order valence-corrected chi connectivity index (χ1v) is 6.56. The summed E-state index contributed by atoms with van der Waals surface area (Å²) in [6.07, 6.45) is 5.65. The van der Waals surface area contributed by atoms with Gasteiger partial charge in [0.05, 0.1) is 0 Å². The van der Waals surface area contributed by atoms with Crippen molar-refractivity contribution in [2.75, 3.05) is 25.4 Å². The molecule has 1 atom stereocenters. The Morgan fingerprint density at radius 3 is 2.77 bits per heavy atom. The quantitative estimate of drug-likeness (QED) is 0.631. The number of rotatable bonds is 6. The second-order valence-corrected chi connectivity index (χ2v) is 5.48. The molecule has 2 rings (SSSR count). The summed E-state index contributed by atoms with van der Waals surface area (Å²) in [5.74, 6) is 1.38. The minimum atomic E-state index is 0.864. The van der Waals surface area contributed by atoms with Crippen molar-refractivity contribution in [1.82, 2.24) is 10.6 Å². The topological polar surface area (TPSA) is 24.1 Å². The Bertz CT molecular complexity index is 142. The minimum Gasteiger partial charge on any atom is -0.314 e. The first-order chi connectivity index (χ1) is 6.45. The van der Waals surface area contributed by atoms with Crippen molar-refractivity contribution in [2.45, 2.75) is 37.0 Å². The SMILES string of the molecule is C1CSC(CNCCNC2CC2)C1. The average molecular weight is 200 g/mol. The third-order valence-electron chi connectivity index (χ3n) is 2.71. The van der Waals surface area contributed by atoms with Crippen LogP contribution in [0.5, 0.6) is 0 Å². The van der Waals surface area contributed by atoms with Gasteiger partial charge in [0.15, 0.2) is 0 Å². The molecule has 76 valence electrons. The monoisotopic (exact) mass is 200 g/mol. The first kappa shape index (κ1) is 9.81. The lowest BCUT2D eigenvalue weighted by atomic mass is 10.2. The minimum absolute atomic E-state index is 0.864. The van der Waals surface area contributed by atoms with Crippen molar-refractivity contribution in [3.63, 3.8) is 0 Å². The predicted molar refractivity (Wildman–Crippen MR) is 59.4 cm³/mol. The number of nitrogens with one attached hydrogen (secondary N) is 2. The van der Waals surface area contributed by atoms with Gasteiger partial charge in [-0.2, -0.15) is 11.8 Å². The first-order valence-electron chi connectivity index (χ1n) is 5.51. The molecular weight excluding hydrogens is 180 g/mol. The van der Waals surface area contributed by atoms with Gasteiger partial charge in [-0.25, -0.2) is 0 Å². The summed E-state index contributed by atoms with van der Waals surface area (Å²) >= 11 is 2.14. The van der Waals surface area contributed by atoms with E-state index in [0.29, 0.717) is 0 Å². The van der Waals surface area contributed by atoms with Crippen LogP contribution in [-0.2, 0) is 0 Å². The van der Waals surface area contributed by atoms with Gasteiger partial charge in [-0.3, -0.25) is 0 Å². The zero-order valence-electron chi connectivity index (χ0n) is 8.22. The zero-order chi connectivity index (χ0) is 8.93. The molecule has 1 unspecified atom stereocenters. The van der Waals surface area contributed by atoms with Gasteiger partial charge in [0.1, 0.15) is 0 Å². The lowest BCUT2D eigenvalue weighted by Crippen LogP contribution is -2.32. The molecule has 3 heteroatoms. The molecular formula is C10H20N2S. The van der Waals surface area contributed by atoms with Crippen LogP contribution in [0.2, 0.25) is 0 Å². The van der Waals surface area contributed by atoms with Crippen molar-refractivity contribution in [2.24, 2.45) is 0 Å². The molecule has 0 radical (unpaired) electrons. The molecule has 1 heterocycles. The van der Waals surface area contributed by atoms with E-state index in [1.807, 2.05) is 0 Å². The molecule has 0 bridgehead atoms. The van der Waals surface area contributed by atoms with E-state index >= 15 is 0 Å². The average Bonchev–Trinajstić information content (AvgIpc) is 2.81. The van der Waals surface area contributed by atoms with E-state index in [9.17, 15) is 0 Å². The summed E-state index contributed by atoms with van der Waals surface area (Å²) in [4.78, 5) is 0. The summed E-state index contributed by atoms with van der Waals surface area (Å²) in [5.41, 5.74) is 0. The summed E-state index contributed by atoms with van der Waals surface area (Å²) in [6.45, 7) is 3.52. The van der Waals surface area contributed by atoms with Crippen LogP contribution in [-0.4, -0.2) is 36.7 Å². The van der Waals surface area contributed by atoms with E-state index in [2.05, 4.69) is 22.4 Å². The van der Waals surface area contributed by atoms with Crippen LogP contribution in [0.1, 0.15) is 25.7 Å². The van der Waals surface area contributed by atoms with Crippen molar-refractivity contribution in [3.05, 3.63) is 0 Å². The molecule has 0 aromatic carbocycles. The maximum absolute atomic E-state index is 3.53. The number of hydrogen-bond donors (Lipinski definition) is 2. The van der Waals surface area contributed by atoms with Crippen LogP contribution in [0.25, 0.3) is 0 Å². The molecule has 1 aliphatic carbocycles. The van der Waals surface area contributed by atoms with Crippen LogP contribution in [0.4, 0.5) is 0 Å². The predicted octanol–water partition coefficient (Wildman–Crippen LogP) is 1.22. The fourth-order valence-electron chi connectivity index (χ4n) is 1.72. The summed E-state index contributed by atoms with van der Waals surface area (Å²) in [5, 5.41) is 7.94. The van der Waals surface area contributed by atoms with E-state index < -0.39 is 0 Å². The molecule has 0 aromatic heterocycles. The Hall–Kier alpha value is 0.270. The summed E-state index contributed by atoms with van der Waals surface area (Å²) in [6, 6.07) is 0.864. The standard InChI is InChI=1S/C10H20N2S/c1-2-10(13-7-1)8-11-5-6-12-9-3-4-9/h9-12H,1-8H2. The molecule has 0 spiro atoms. The molecule has 1 saturated carbocycles. The van der Waals surface area contributed by atoms with E-state index in [1.165, 1.54) is 38.0 Å². The van der Waals surface area contributed by atoms with Crippen LogP contribution in [0, 0.1) is 0 Å². The van der Waals surface area contributed by atoms with E-state index in [-0.39, 0.29) is 0 Å². The van der Waals surface area contributed by atoms with Crippen molar-refractivity contribution >= 4 is 11.8 Å². The Morgan fingerprint density at radius 2 is 2.08 bits per heavy atom. The third kappa shape index (κ3) is 3.88. The van der Waals surface area contributed by atoms with Crippen LogP contribution < -0.4 is 10.6 Å². The smallest absolute Gasteiger partial charge is 0.0172 e. The van der Waals surface area contributed by atoms with Gasteiger partial charge in [-0.1, -0.05) is 0 Å². The van der Waals surface area contributed by atoms with Crippen LogP contribution in [0.3, 0.4) is 0 Å².